The van der Waals surface area contributed by atoms with E-state index in [-0.39, 0.29) is 23.9 Å². The average Bonchev–Trinajstić information content (AvgIpc) is 2.26. The Labute approximate surface area is 109 Å². The van der Waals surface area contributed by atoms with Crippen molar-refractivity contribution in [3.63, 3.8) is 0 Å². The number of halogens is 4. The molecule has 0 aliphatic carbocycles. The van der Waals surface area contributed by atoms with Gasteiger partial charge < -0.3 is 10.4 Å². The first-order chi connectivity index (χ1) is 8.15. The van der Waals surface area contributed by atoms with Crippen LogP contribution >= 0.6 is 11.6 Å². The summed E-state index contributed by atoms with van der Waals surface area (Å²) in [7, 11) is 0. The Balaban J connectivity index is 2.96. The number of hydrogen-bond donors (Lipinski definition) is 2. The smallest absolute Gasteiger partial charge is 0.396 e. The third-order valence-electron chi connectivity index (χ3n) is 2.47. The zero-order valence-electron chi connectivity index (χ0n) is 10.1. The maximum Gasteiger partial charge on any atom is 0.418 e. The van der Waals surface area contributed by atoms with Crippen LogP contribution < -0.4 is 5.32 Å². The summed E-state index contributed by atoms with van der Waals surface area (Å²) >= 11 is 5.57. The maximum atomic E-state index is 12.8. The fourth-order valence-electron chi connectivity index (χ4n) is 1.30. The quantitative estimate of drug-likeness (QED) is 0.880. The van der Waals surface area contributed by atoms with E-state index in [1.54, 1.807) is 13.8 Å². The third kappa shape index (κ3) is 4.07. The lowest BCUT2D eigenvalue weighted by Gasteiger charge is -2.24. The minimum atomic E-state index is -4.46. The highest BCUT2D eigenvalue weighted by Crippen LogP contribution is 2.36. The number of aliphatic hydroxyl groups is 1. The standard InChI is InChI=1S/C12H15ClF3NO/c1-11(2,7-18)6-17-10-4-3-8(13)5-9(10)12(14,15)16/h3-5,17-18H,6-7H2,1-2H3. The Morgan fingerprint density at radius 3 is 2.39 bits per heavy atom. The fourth-order valence-corrected chi connectivity index (χ4v) is 1.47. The lowest BCUT2D eigenvalue weighted by Crippen LogP contribution is -2.27. The molecule has 0 unspecified atom stereocenters. The molecule has 1 rings (SSSR count). The topological polar surface area (TPSA) is 32.3 Å². The van der Waals surface area contributed by atoms with Gasteiger partial charge in [-0.15, -0.1) is 0 Å². The molecule has 0 radical (unpaired) electrons. The number of benzene rings is 1. The molecule has 0 aliphatic heterocycles. The van der Waals surface area contributed by atoms with E-state index in [2.05, 4.69) is 5.32 Å². The summed E-state index contributed by atoms with van der Waals surface area (Å²) in [6.07, 6.45) is -4.46. The SMILES string of the molecule is CC(C)(CO)CNc1ccc(Cl)cc1C(F)(F)F. The molecular formula is C12H15ClF3NO. The minimum Gasteiger partial charge on any atom is -0.396 e. The van der Waals surface area contributed by atoms with Gasteiger partial charge in [-0.2, -0.15) is 13.2 Å². The van der Waals surface area contributed by atoms with Crippen LogP contribution in [0.15, 0.2) is 18.2 Å². The summed E-state index contributed by atoms with van der Waals surface area (Å²) in [4.78, 5) is 0. The van der Waals surface area contributed by atoms with Crippen LogP contribution in [0.25, 0.3) is 0 Å². The van der Waals surface area contributed by atoms with Gasteiger partial charge in [0.2, 0.25) is 0 Å². The molecule has 0 saturated carbocycles. The van der Waals surface area contributed by atoms with Gasteiger partial charge in [-0.3, -0.25) is 0 Å². The van der Waals surface area contributed by atoms with E-state index in [4.69, 9.17) is 16.7 Å². The summed E-state index contributed by atoms with van der Waals surface area (Å²) in [5.41, 5.74) is -1.33. The number of hydrogen-bond acceptors (Lipinski definition) is 2. The number of nitrogens with one attached hydrogen (secondary N) is 1. The van der Waals surface area contributed by atoms with Crippen molar-refractivity contribution in [2.24, 2.45) is 5.41 Å². The monoisotopic (exact) mass is 281 g/mol. The molecule has 102 valence electrons. The Morgan fingerprint density at radius 2 is 1.89 bits per heavy atom. The zero-order valence-corrected chi connectivity index (χ0v) is 10.9. The molecule has 1 aromatic rings. The van der Waals surface area contributed by atoms with Gasteiger partial charge in [0.1, 0.15) is 0 Å². The molecule has 0 heterocycles. The highest BCUT2D eigenvalue weighted by molar-refractivity contribution is 6.30. The van der Waals surface area contributed by atoms with Crippen LogP contribution in [0.3, 0.4) is 0 Å². The van der Waals surface area contributed by atoms with Crippen LogP contribution in [0.4, 0.5) is 18.9 Å². The molecular weight excluding hydrogens is 267 g/mol. The first kappa shape index (κ1) is 15.1. The van der Waals surface area contributed by atoms with Crippen molar-refractivity contribution in [1.82, 2.24) is 0 Å². The molecule has 6 heteroatoms. The molecule has 1 aromatic carbocycles. The Kier molecular flexibility index (Phi) is 4.50. The third-order valence-corrected chi connectivity index (χ3v) is 2.71. The van der Waals surface area contributed by atoms with Crippen LogP contribution in [0.5, 0.6) is 0 Å². The van der Waals surface area contributed by atoms with Crippen molar-refractivity contribution in [3.8, 4) is 0 Å². The van der Waals surface area contributed by atoms with Gasteiger partial charge in [0.25, 0.3) is 0 Å². The van der Waals surface area contributed by atoms with Crippen molar-refractivity contribution < 1.29 is 18.3 Å². The maximum absolute atomic E-state index is 12.8. The minimum absolute atomic E-state index is 0.0339. The number of anilines is 1. The second kappa shape index (κ2) is 5.36. The van der Waals surface area contributed by atoms with Crippen LogP contribution in [-0.4, -0.2) is 18.3 Å². The van der Waals surface area contributed by atoms with E-state index in [0.717, 1.165) is 6.07 Å². The van der Waals surface area contributed by atoms with Crippen molar-refractivity contribution in [2.75, 3.05) is 18.5 Å². The van der Waals surface area contributed by atoms with Gasteiger partial charge in [-0.05, 0) is 18.2 Å². The van der Waals surface area contributed by atoms with E-state index in [9.17, 15) is 13.2 Å². The van der Waals surface area contributed by atoms with Gasteiger partial charge in [0, 0.05) is 29.3 Å². The molecule has 2 N–H and O–H groups in total. The molecule has 0 spiro atoms. The van der Waals surface area contributed by atoms with E-state index in [1.807, 2.05) is 0 Å². The lowest BCUT2D eigenvalue weighted by atomic mass is 9.95. The molecule has 0 aromatic heterocycles. The molecule has 2 nitrogen and oxygen atoms in total. The second-order valence-electron chi connectivity index (χ2n) is 4.86. The molecule has 0 bridgehead atoms. The highest BCUT2D eigenvalue weighted by atomic mass is 35.5. The molecule has 0 atom stereocenters. The molecule has 0 fully saturated rings. The first-order valence-electron chi connectivity index (χ1n) is 5.37. The van der Waals surface area contributed by atoms with Gasteiger partial charge in [-0.1, -0.05) is 25.4 Å². The van der Waals surface area contributed by atoms with E-state index in [1.165, 1.54) is 12.1 Å². The van der Waals surface area contributed by atoms with Crippen LogP contribution in [0, 0.1) is 5.41 Å². The fraction of sp³-hybridized carbons (Fsp3) is 0.500. The second-order valence-corrected chi connectivity index (χ2v) is 5.30. The summed E-state index contributed by atoms with van der Waals surface area (Å²) in [5, 5.41) is 11.8. The number of alkyl halides is 3. The zero-order chi connectivity index (χ0) is 14.0. The van der Waals surface area contributed by atoms with Crippen molar-refractivity contribution in [2.45, 2.75) is 20.0 Å². The van der Waals surface area contributed by atoms with Crippen molar-refractivity contribution in [3.05, 3.63) is 28.8 Å². The van der Waals surface area contributed by atoms with Crippen molar-refractivity contribution >= 4 is 17.3 Å². The van der Waals surface area contributed by atoms with Gasteiger partial charge in [-0.25, -0.2) is 0 Å². The van der Waals surface area contributed by atoms with Gasteiger partial charge >= 0.3 is 6.18 Å². The van der Waals surface area contributed by atoms with Gasteiger partial charge in [0.05, 0.1) is 5.56 Å². The summed E-state index contributed by atoms with van der Waals surface area (Å²) in [6, 6.07) is 3.57. The average molecular weight is 282 g/mol. The van der Waals surface area contributed by atoms with Crippen LogP contribution in [-0.2, 0) is 6.18 Å². The Hall–Kier alpha value is -0.940. The molecule has 18 heavy (non-hydrogen) atoms. The highest BCUT2D eigenvalue weighted by Gasteiger charge is 2.34. The van der Waals surface area contributed by atoms with Crippen molar-refractivity contribution in [1.29, 1.82) is 0 Å². The normalized spacial score (nSPS) is 12.6. The summed E-state index contributed by atoms with van der Waals surface area (Å²) < 4.78 is 38.3. The number of aliphatic hydroxyl groups excluding tert-OH is 1. The summed E-state index contributed by atoms with van der Waals surface area (Å²) in [6.45, 7) is 3.62. The van der Waals surface area contributed by atoms with E-state index < -0.39 is 17.2 Å². The summed E-state index contributed by atoms with van der Waals surface area (Å²) in [5.74, 6) is 0. The predicted octanol–water partition coefficient (Wildman–Crippen LogP) is 3.79. The molecule has 0 amide bonds. The number of rotatable bonds is 4. The lowest BCUT2D eigenvalue weighted by molar-refractivity contribution is -0.137. The predicted molar refractivity (Wildman–Crippen MR) is 65.8 cm³/mol. The molecule has 0 aliphatic rings. The Bertz CT molecular complexity index is 418. The van der Waals surface area contributed by atoms with Crippen LogP contribution in [0.1, 0.15) is 19.4 Å². The Morgan fingerprint density at radius 1 is 1.28 bits per heavy atom. The van der Waals surface area contributed by atoms with Gasteiger partial charge in [0.15, 0.2) is 0 Å². The van der Waals surface area contributed by atoms with E-state index in [0.29, 0.717) is 0 Å². The largest absolute Gasteiger partial charge is 0.418 e. The molecule has 0 saturated heterocycles. The van der Waals surface area contributed by atoms with E-state index >= 15 is 0 Å². The first-order valence-corrected chi connectivity index (χ1v) is 5.75. The van der Waals surface area contributed by atoms with Crippen LogP contribution in [0.2, 0.25) is 5.02 Å².